The summed E-state index contributed by atoms with van der Waals surface area (Å²) in [5.74, 6) is 0.422. The first-order valence-corrected chi connectivity index (χ1v) is 10.1. The van der Waals surface area contributed by atoms with Crippen LogP contribution in [0.4, 0.5) is 0 Å². The monoisotopic (exact) mass is 302 g/mol. The van der Waals surface area contributed by atoms with Crippen LogP contribution >= 0.6 is 5.51 Å². The fourth-order valence-electron chi connectivity index (χ4n) is 2.52. The average Bonchev–Trinajstić information content (AvgIpc) is 2.28. The maximum absolute atomic E-state index is 9.93. The first-order chi connectivity index (χ1) is 7.54. The molecule has 0 amide bonds. The van der Waals surface area contributed by atoms with Crippen LogP contribution in [0, 0.1) is 5.92 Å². The molecule has 1 saturated heterocycles. The fourth-order valence-corrected chi connectivity index (χ4v) is 8.72. The molecule has 1 nitrogen and oxygen atoms in total. The van der Waals surface area contributed by atoms with E-state index in [0.29, 0.717) is 11.6 Å². The van der Waals surface area contributed by atoms with Gasteiger partial charge in [0.2, 0.25) is 0 Å². The molecule has 0 radical (unpaired) electrons. The minimum atomic E-state index is -1.19. The van der Waals surface area contributed by atoms with Gasteiger partial charge in [0.1, 0.15) is 0 Å². The Kier molecular flexibility index (Phi) is 3.76. The Labute approximate surface area is 105 Å². The molecular weight excluding hydrogens is 282 g/mol. The molecule has 1 aliphatic rings. The van der Waals surface area contributed by atoms with E-state index < -0.39 is 5.51 Å². The quantitative estimate of drug-likeness (QED) is 0.623. The van der Waals surface area contributed by atoms with Crippen molar-refractivity contribution in [3.63, 3.8) is 0 Å². The summed E-state index contributed by atoms with van der Waals surface area (Å²) in [5, 5.41) is 11.4. The van der Waals surface area contributed by atoms with Gasteiger partial charge in [0, 0.05) is 0 Å². The van der Waals surface area contributed by atoms with E-state index >= 15 is 0 Å². The number of hydrogen-bond acceptors (Lipinski definition) is 1. The van der Waals surface area contributed by atoms with Crippen LogP contribution in [0.15, 0.2) is 30.3 Å². The number of benzene rings is 1. The molecule has 4 atom stereocenters. The number of aliphatic hydroxyl groups excluding tert-OH is 1. The van der Waals surface area contributed by atoms with Crippen molar-refractivity contribution >= 4 is 25.9 Å². The zero-order chi connectivity index (χ0) is 11.8. The van der Waals surface area contributed by atoms with E-state index in [2.05, 4.69) is 59.3 Å². The zero-order valence-electron chi connectivity index (χ0n) is 9.84. The molecule has 0 aliphatic carbocycles. The topological polar surface area (TPSA) is 20.2 Å². The van der Waals surface area contributed by atoms with Crippen molar-refractivity contribution in [3.8, 4) is 0 Å². The Morgan fingerprint density at radius 1 is 1.25 bits per heavy atom. The summed E-state index contributed by atoms with van der Waals surface area (Å²) in [6.07, 6.45) is 1.97. The van der Waals surface area contributed by atoms with Crippen LogP contribution in [0.2, 0.25) is 0 Å². The summed E-state index contributed by atoms with van der Waals surface area (Å²) in [4.78, 5) is 0. The summed E-state index contributed by atoms with van der Waals surface area (Å²) in [5.41, 5.74) is -0.587. The summed E-state index contributed by atoms with van der Waals surface area (Å²) in [7, 11) is 0. The van der Waals surface area contributed by atoms with Crippen LogP contribution in [0.5, 0.6) is 0 Å². The van der Waals surface area contributed by atoms with Crippen molar-refractivity contribution < 1.29 is 5.11 Å². The molecule has 1 N–H and O–H groups in total. The van der Waals surface area contributed by atoms with Gasteiger partial charge in [-0.1, -0.05) is 0 Å². The number of hydrogen-bond donors (Lipinski definition) is 1. The predicted octanol–water partition coefficient (Wildman–Crippen LogP) is 2.20. The van der Waals surface area contributed by atoms with Crippen LogP contribution < -0.4 is 5.30 Å². The summed E-state index contributed by atoms with van der Waals surface area (Å²) in [6.45, 7) is 4.46. The molecule has 0 bridgehead atoms. The van der Waals surface area contributed by atoms with Crippen LogP contribution in [-0.2, 0) is 0 Å². The van der Waals surface area contributed by atoms with Crippen molar-refractivity contribution in [2.24, 2.45) is 5.92 Å². The van der Waals surface area contributed by atoms with Crippen LogP contribution in [0.25, 0.3) is 0 Å². The van der Waals surface area contributed by atoms with E-state index in [0.717, 1.165) is 12.6 Å². The molecule has 16 heavy (non-hydrogen) atoms. The van der Waals surface area contributed by atoms with Gasteiger partial charge in [0.25, 0.3) is 0 Å². The van der Waals surface area contributed by atoms with Gasteiger partial charge in [0.15, 0.2) is 0 Å². The molecule has 1 fully saturated rings. The van der Waals surface area contributed by atoms with E-state index in [-0.39, 0.29) is 6.10 Å². The van der Waals surface area contributed by atoms with Crippen molar-refractivity contribution in [1.29, 1.82) is 0 Å². The first-order valence-electron chi connectivity index (χ1n) is 5.86. The Balaban J connectivity index is 2.35. The van der Waals surface area contributed by atoms with Gasteiger partial charge in [-0.2, -0.15) is 0 Å². The molecular formula is C13H19OPSe. The predicted molar refractivity (Wildman–Crippen MR) is 72.9 cm³/mol. The van der Waals surface area contributed by atoms with Crippen LogP contribution in [-0.4, -0.2) is 38.1 Å². The summed E-state index contributed by atoms with van der Waals surface area (Å²) < 4.78 is 0. The maximum atomic E-state index is 9.93. The Morgan fingerprint density at radius 3 is 2.50 bits per heavy atom. The second-order valence-corrected chi connectivity index (χ2v) is 12.4. The molecule has 2 rings (SSSR count). The molecule has 1 aromatic rings. The molecule has 0 unspecified atom stereocenters. The van der Waals surface area contributed by atoms with Crippen LogP contribution in [0.3, 0.4) is 0 Å². The third kappa shape index (κ3) is 2.22. The molecule has 1 aromatic carbocycles. The van der Waals surface area contributed by atoms with Crippen molar-refractivity contribution in [2.45, 2.75) is 32.0 Å². The van der Waals surface area contributed by atoms with Crippen molar-refractivity contribution in [1.82, 2.24) is 0 Å². The molecule has 3 heteroatoms. The molecule has 0 saturated carbocycles. The molecule has 0 spiro atoms. The second kappa shape index (κ2) is 4.78. The third-order valence-electron chi connectivity index (χ3n) is 3.70. The molecule has 88 valence electrons. The molecule has 1 aliphatic heterocycles. The SMILES string of the molecule is C[C@@H]1C[P@@](=[Se])(c2ccccc2)[C@H](C)C[C@@H]1O. The minimum absolute atomic E-state index is 0.111. The van der Waals surface area contributed by atoms with Gasteiger partial charge in [-0.05, 0) is 0 Å². The van der Waals surface area contributed by atoms with E-state index in [9.17, 15) is 5.11 Å². The van der Waals surface area contributed by atoms with Gasteiger partial charge in [0.05, 0.1) is 0 Å². The third-order valence-corrected chi connectivity index (χ3v) is 12.2. The van der Waals surface area contributed by atoms with Gasteiger partial charge in [-0.3, -0.25) is 0 Å². The summed E-state index contributed by atoms with van der Waals surface area (Å²) in [6, 6.07) is 10.8. The van der Waals surface area contributed by atoms with E-state index in [1.165, 1.54) is 5.30 Å². The van der Waals surface area contributed by atoms with E-state index in [4.69, 9.17) is 0 Å². The van der Waals surface area contributed by atoms with Gasteiger partial charge in [-0.15, -0.1) is 0 Å². The number of aliphatic hydroxyl groups is 1. The van der Waals surface area contributed by atoms with Crippen LogP contribution in [0.1, 0.15) is 20.3 Å². The zero-order valence-corrected chi connectivity index (χ0v) is 12.4. The second-order valence-electron chi connectivity index (χ2n) is 4.94. The Morgan fingerprint density at radius 2 is 1.88 bits per heavy atom. The fraction of sp³-hybridized carbons (Fsp3) is 0.538. The van der Waals surface area contributed by atoms with Crippen molar-refractivity contribution in [3.05, 3.63) is 30.3 Å². The van der Waals surface area contributed by atoms with E-state index in [1.807, 2.05) is 0 Å². The van der Waals surface area contributed by atoms with E-state index in [1.54, 1.807) is 0 Å². The Bertz CT molecular complexity index is 404. The molecule has 0 aromatic heterocycles. The standard InChI is InChI=1S/C13H19OPSe/c1-10-9-15(16,11(2)8-13(10)14)12-6-4-3-5-7-12/h3-7,10-11,13-14H,8-9H2,1-2H3/t10-,11-,13+,15+/m1/s1. The summed E-state index contributed by atoms with van der Waals surface area (Å²) >= 11 is 3.51. The van der Waals surface area contributed by atoms with Gasteiger partial charge >= 0.3 is 105 Å². The molecule has 1 heterocycles. The van der Waals surface area contributed by atoms with Crippen molar-refractivity contribution in [2.75, 3.05) is 6.16 Å². The first kappa shape index (κ1) is 12.6. The van der Waals surface area contributed by atoms with Gasteiger partial charge < -0.3 is 0 Å². The average molecular weight is 301 g/mol. The number of rotatable bonds is 1. The Hall–Kier alpha value is 0.129. The van der Waals surface area contributed by atoms with Gasteiger partial charge in [-0.25, -0.2) is 0 Å². The normalized spacial score (nSPS) is 39.6.